The van der Waals surface area contributed by atoms with Crippen LogP contribution in [-0.2, 0) is 59.2 Å². The number of primary amides is 3. The van der Waals surface area contributed by atoms with Crippen LogP contribution in [0.2, 0.25) is 0 Å². The fraction of sp³-hybridized carbons (Fsp3) is 0.605. The molecule has 0 saturated carbocycles. The third-order valence-corrected chi connectivity index (χ3v) is 12.3. The zero-order valence-corrected chi connectivity index (χ0v) is 38.8. The summed E-state index contributed by atoms with van der Waals surface area (Å²) in [6.07, 6.45) is -0.192. The van der Waals surface area contributed by atoms with Gasteiger partial charge in [-0.15, -0.1) is 0 Å². The molecule has 15 N–H and O–H groups in total. The van der Waals surface area contributed by atoms with Gasteiger partial charge in [-0.3, -0.25) is 52.7 Å². The fourth-order valence-corrected chi connectivity index (χ4v) is 8.37. The molecule has 23 nitrogen and oxygen atoms in total. The number of benzene rings is 1. The van der Waals surface area contributed by atoms with Gasteiger partial charge in [-0.05, 0) is 62.3 Å². The Hall–Kier alpha value is -6.30. The average Bonchev–Trinajstić information content (AvgIpc) is 3.78. The molecule has 0 aromatic heterocycles. The predicted molar refractivity (Wildman–Crippen MR) is 245 cm³/mol. The Morgan fingerprint density at radius 1 is 0.806 bits per heavy atom. The second kappa shape index (κ2) is 28.0. The van der Waals surface area contributed by atoms with Crippen molar-refractivity contribution in [3.63, 3.8) is 0 Å². The number of carbonyl (C=O) groups is 11. The first-order chi connectivity index (χ1) is 31.8. The molecule has 1 aromatic carbocycles. The lowest BCUT2D eigenvalue weighted by Gasteiger charge is -2.31. The Morgan fingerprint density at radius 3 is 2.12 bits per heavy atom. The summed E-state index contributed by atoms with van der Waals surface area (Å²) in [5, 5.41) is 18.1. The first-order valence-corrected chi connectivity index (χ1v) is 23.6. The smallest absolute Gasteiger partial charge is 0.245 e. The topological polar surface area (TPSA) is 379 Å². The Kier molecular flexibility index (Phi) is 23.0. The standard InChI is InChI=1S/C43H66N12O11S/c1-3-24(2)36-42(65)51-27(13-14-32(45)56)38(61)53-30(22-33(46)57)39(62)52-28(15-19-67-20-16-35(59)49-29(40(63)54-36)21-25-9-5-4-6-10-25)43(66)55-18-8-12-31(55)41(64)50-26(11-7-17-44)37(60)48-23-34(47)58/h4-6,9-10,24,26-31,36H,3,7-8,11-23,44H2,1-2H3,(H2,45,56)(H2,46,57)(H2,47,58)(H,48,60)(H,49,59)(H,50,64)(H,51,65)(H,52,62)(H,53,61)(H,54,63)/t24-,26-,27-,28-,29-,30-,31-,36-/m0/s1. The van der Waals surface area contributed by atoms with Crippen molar-refractivity contribution in [3.05, 3.63) is 35.9 Å². The third kappa shape index (κ3) is 18.5. The quantitative estimate of drug-likeness (QED) is 0.0673. The van der Waals surface area contributed by atoms with E-state index in [1.165, 1.54) is 16.7 Å². The molecule has 0 spiro atoms. The third-order valence-electron chi connectivity index (χ3n) is 11.3. The number of carbonyl (C=O) groups excluding carboxylic acids is 11. The number of hydrogen-bond donors (Lipinski definition) is 11. The highest BCUT2D eigenvalue weighted by molar-refractivity contribution is 7.99. The van der Waals surface area contributed by atoms with Crippen molar-refractivity contribution in [2.45, 2.75) is 127 Å². The SMILES string of the molecule is CC[C@H](C)[C@@H]1NC(=O)[C@H](Cc2ccccc2)NC(=O)CCSCC[C@@H](C(=O)N2CCC[C@H]2C(=O)N[C@@H](CCCN)C(=O)NCC(N)=O)NC(=O)[C@H](CC(N)=O)NC(=O)[C@H](CCC(N)=O)NC1=O. The number of thioether (sulfide) groups is 1. The lowest BCUT2D eigenvalue weighted by Crippen LogP contribution is -2.61. The molecule has 2 saturated heterocycles. The van der Waals surface area contributed by atoms with Gasteiger partial charge in [0, 0.05) is 31.6 Å². The van der Waals surface area contributed by atoms with E-state index < -0.39 is 133 Å². The Morgan fingerprint density at radius 2 is 1.48 bits per heavy atom. The molecule has 2 aliphatic rings. The normalized spacial score (nSPS) is 23.4. The summed E-state index contributed by atoms with van der Waals surface area (Å²) in [7, 11) is 0. The zero-order valence-electron chi connectivity index (χ0n) is 38.0. The van der Waals surface area contributed by atoms with Crippen molar-refractivity contribution in [2.24, 2.45) is 28.9 Å². The molecule has 3 rings (SSSR count). The fourth-order valence-electron chi connectivity index (χ4n) is 7.44. The minimum absolute atomic E-state index is 0.0650. The van der Waals surface area contributed by atoms with Crippen LogP contribution in [0.25, 0.3) is 0 Å². The molecule has 2 fully saturated rings. The highest BCUT2D eigenvalue weighted by atomic mass is 32.2. The summed E-state index contributed by atoms with van der Waals surface area (Å²) < 4.78 is 0. The molecule has 370 valence electrons. The molecule has 0 unspecified atom stereocenters. The molecular formula is C43H66N12O11S. The minimum atomic E-state index is -1.71. The zero-order chi connectivity index (χ0) is 49.6. The van der Waals surface area contributed by atoms with Crippen molar-refractivity contribution >= 4 is 76.7 Å². The van der Waals surface area contributed by atoms with Crippen LogP contribution in [0.4, 0.5) is 0 Å². The molecule has 2 heterocycles. The Bertz CT molecular complexity index is 1940. The summed E-state index contributed by atoms with van der Waals surface area (Å²) in [4.78, 5) is 147. The lowest BCUT2D eigenvalue weighted by molar-refractivity contribution is -0.142. The van der Waals surface area contributed by atoms with E-state index in [4.69, 9.17) is 22.9 Å². The molecule has 8 atom stereocenters. The van der Waals surface area contributed by atoms with Crippen molar-refractivity contribution in [1.29, 1.82) is 0 Å². The van der Waals surface area contributed by atoms with Crippen molar-refractivity contribution < 1.29 is 52.7 Å². The molecular weight excluding hydrogens is 893 g/mol. The van der Waals surface area contributed by atoms with E-state index in [-0.39, 0.29) is 63.1 Å². The van der Waals surface area contributed by atoms with Crippen LogP contribution < -0.4 is 60.2 Å². The van der Waals surface area contributed by atoms with Crippen LogP contribution >= 0.6 is 11.8 Å². The minimum Gasteiger partial charge on any atom is -0.370 e. The van der Waals surface area contributed by atoms with Crippen molar-refractivity contribution in [3.8, 4) is 0 Å². The van der Waals surface area contributed by atoms with Gasteiger partial charge in [0.05, 0.1) is 13.0 Å². The number of nitrogens with one attached hydrogen (secondary N) is 7. The molecule has 1 aromatic rings. The highest BCUT2D eigenvalue weighted by Crippen LogP contribution is 2.21. The maximum atomic E-state index is 14.4. The summed E-state index contributed by atoms with van der Waals surface area (Å²) in [6, 6.07) is -0.318. The molecule has 24 heteroatoms. The largest absolute Gasteiger partial charge is 0.370 e. The first kappa shape index (κ1) is 55.0. The van der Waals surface area contributed by atoms with E-state index in [1.54, 1.807) is 44.2 Å². The van der Waals surface area contributed by atoms with Crippen LogP contribution in [0.3, 0.4) is 0 Å². The summed E-state index contributed by atoms with van der Waals surface area (Å²) in [6.45, 7) is 3.27. The molecule has 0 radical (unpaired) electrons. The number of rotatable bonds is 18. The monoisotopic (exact) mass is 958 g/mol. The molecule has 11 amide bonds. The molecule has 0 bridgehead atoms. The maximum Gasteiger partial charge on any atom is 0.245 e. The van der Waals surface area contributed by atoms with Crippen LogP contribution in [-0.4, -0.2) is 143 Å². The lowest BCUT2D eigenvalue weighted by atomic mass is 9.96. The Balaban J connectivity index is 2.01. The molecule has 0 aliphatic carbocycles. The number of likely N-dealkylation sites (tertiary alicyclic amines) is 1. The van der Waals surface area contributed by atoms with Crippen LogP contribution in [0.1, 0.15) is 83.6 Å². The van der Waals surface area contributed by atoms with Gasteiger partial charge in [0.1, 0.15) is 42.3 Å². The van der Waals surface area contributed by atoms with Gasteiger partial charge in [-0.2, -0.15) is 11.8 Å². The van der Waals surface area contributed by atoms with E-state index in [1.807, 2.05) is 0 Å². The van der Waals surface area contributed by atoms with Crippen LogP contribution in [0.15, 0.2) is 30.3 Å². The van der Waals surface area contributed by atoms with Gasteiger partial charge >= 0.3 is 0 Å². The van der Waals surface area contributed by atoms with Gasteiger partial charge in [-0.25, -0.2) is 0 Å². The van der Waals surface area contributed by atoms with Crippen molar-refractivity contribution in [1.82, 2.24) is 42.1 Å². The highest BCUT2D eigenvalue weighted by Gasteiger charge is 2.40. The Labute approximate surface area is 393 Å². The van der Waals surface area contributed by atoms with Gasteiger partial charge in [0.25, 0.3) is 0 Å². The van der Waals surface area contributed by atoms with Gasteiger partial charge in [-0.1, -0.05) is 50.6 Å². The van der Waals surface area contributed by atoms with Gasteiger partial charge in [0.15, 0.2) is 0 Å². The van der Waals surface area contributed by atoms with E-state index in [2.05, 4.69) is 37.2 Å². The van der Waals surface area contributed by atoms with E-state index in [0.717, 1.165) is 5.56 Å². The van der Waals surface area contributed by atoms with Gasteiger partial charge in [0.2, 0.25) is 65.0 Å². The summed E-state index contributed by atoms with van der Waals surface area (Å²) in [5.41, 5.74) is 22.5. The number of nitrogens with zero attached hydrogens (tertiary/aromatic N) is 1. The summed E-state index contributed by atoms with van der Waals surface area (Å²) in [5.74, 6) is -8.88. The second-order valence-corrected chi connectivity index (χ2v) is 17.8. The molecule has 67 heavy (non-hydrogen) atoms. The second-order valence-electron chi connectivity index (χ2n) is 16.6. The average molecular weight is 959 g/mol. The number of hydrogen-bond acceptors (Lipinski definition) is 13. The maximum absolute atomic E-state index is 14.4. The van der Waals surface area contributed by atoms with E-state index in [0.29, 0.717) is 19.3 Å². The first-order valence-electron chi connectivity index (χ1n) is 22.4. The molecule has 2 aliphatic heterocycles. The van der Waals surface area contributed by atoms with Crippen LogP contribution in [0, 0.1) is 5.92 Å². The number of nitrogens with two attached hydrogens (primary N) is 4. The predicted octanol–water partition coefficient (Wildman–Crippen LogP) is -3.82. The van der Waals surface area contributed by atoms with E-state index >= 15 is 0 Å². The summed E-state index contributed by atoms with van der Waals surface area (Å²) >= 11 is 1.25. The van der Waals surface area contributed by atoms with Gasteiger partial charge < -0.3 is 65.1 Å². The van der Waals surface area contributed by atoms with E-state index in [9.17, 15) is 52.7 Å². The van der Waals surface area contributed by atoms with Crippen molar-refractivity contribution in [2.75, 3.05) is 31.1 Å². The van der Waals surface area contributed by atoms with Crippen LogP contribution in [0.5, 0.6) is 0 Å². The number of amides is 11.